The van der Waals surface area contributed by atoms with Crippen molar-refractivity contribution in [1.82, 2.24) is 19.7 Å². The fourth-order valence-electron chi connectivity index (χ4n) is 5.24. The highest BCUT2D eigenvalue weighted by molar-refractivity contribution is 5.93. The highest BCUT2D eigenvalue weighted by atomic mass is 16.6. The van der Waals surface area contributed by atoms with Crippen LogP contribution in [-0.4, -0.2) is 88.6 Å². The minimum Gasteiger partial charge on any atom is -0.450 e. The van der Waals surface area contributed by atoms with E-state index in [-0.39, 0.29) is 24.0 Å². The van der Waals surface area contributed by atoms with Crippen molar-refractivity contribution in [1.29, 1.82) is 0 Å². The Balaban J connectivity index is 1.29. The number of nitrogens with zero attached hydrogens (tertiary/aromatic N) is 4. The highest BCUT2D eigenvalue weighted by Gasteiger charge is 2.67. The summed E-state index contributed by atoms with van der Waals surface area (Å²) in [6.07, 6.45) is 6.59. The average Bonchev–Trinajstić information content (AvgIpc) is 3.42. The van der Waals surface area contributed by atoms with Crippen LogP contribution in [0.25, 0.3) is 0 Å². The van der Waals surface area contributed by atoms with Gasteiger partial charge in [-0.1, -0.05) is 12.2 Å². The first-order chi connectivity index (χ1) is 15.0. The summed E-state index contributed by atoms with van der Waals surface area (Å²) in [6.45, 7) is 4.73. The molecule has 5 rings (SSSR count). The Bertz CT molecular complexity index is 914. The first-order valence-corrected chi connectivity index (χ1v) is 10.8. The van der Waals surface area contributed by atoms with E-state index in [0.717, 1.165) is 5.56 Å². The molecule has 0 aliphatic carbocycles. The van der Waals surface area contributed by atoms with E-state index in [9.17, 15) is 14.4 Å². The predicted molar refractivity (Wildman–Crippen MR) is 109 cm³/mol. The maximum Gasteiger partial charge on any atom is 0.409 e. The van der Waals surface area contributed by atoms with Gasteiger partial charge in [0.05, 0.1) is 31.1 Å². The number of aromatic nitrogens is 1. The van der Waals surface area contributed by atoms with Gasteiger partial charge in [0, 0.05) is 45.1 Å². The molecule has 9 nitrogen and oxygen atoms in total. The molecule has 4 atom stereocenters. The number of carbonyl (C=O) groups is 3. The lowest BCUT2D eigenvalue weighted by molar-refractivity contribution is -0.144. The smallest absolute Gasteiger partial charge is 0.409 e. The van der Waals surface area contributed by atoms with E-state index in [1.807, 2.05) is 24.3 Å². The van der Waals surface area contributed by atoms with Crippen molar-refractivity contribution in [3.8, 4) is 0 Å². The van der Waals surface area contributed by atoms with Gasteiger partial charge in [0.25, 0.3) is 0 Å². The first kappa shape index (κ1) is 20.0. The molecule has 0 saturated carbocycles. The summed E-state index contributed by atoms with van der Waals surface area (Å²) in [5.74, 6) is -1.12. The van der Waals surface area contributed by atoms with Crippen molar-refractivity contribution < 1.29 is 23.9 Å². The summed E-state index contributed by atoms with van der Waals surface area (Å²) < 4.78 is 11.3. The van der Waals surface area contributed by atoms with Gasteiger partial charge in [-0.15, -0.1) is 0 Å². The molecule has 0 N–H and O–H groups in total. The van der Waals surface area contributed by atoms with Crippen LogP contribution < -0.4 is 0 Å². The summed E-state index contributed by atoms with van der Waals surface area (Å²) in [5.41, 5.74) is 0.276. The fraction of sp³-hybridized carbons (Fsp3) is 0.545. The van der Waals surface area contributed by atoms with Crippen LogP contribution in [0.5, 0.6) is 0 Å². The Labute approximate surface area is 180 Å². The lowest BCUT2D eigenvalue weighted by Crippen LogP contribution is -2.54. The number of carbonyl (C=O) groups excluding carboxylic acids is 3. The molecule has 5 heterocycles. The number of rotatable bonds is 4. The van der Waals surface area contributed by atoms with Gasteiger partial charge < -0.3 is 24.2 Å². The van der Waals surface area contributed by atoms with Crippen LogP contribution in [0.3, 0.4) is 0 Å². The molecule has 3 fully saturated rings. The maximum atomic E-state index is 13.4. The van der Waals surface area contributed by atoms with Gasteiger partial charge in [0.1, 0.15) is 5.60 Å². The van der Waals surface area contributed by atoms with Crippen molar-refractivity contribution in [2.75, 3.05) is 39.3 Å². The molecule has 0 aromatic carbocycles. The Morgan fingerprint density at radius 3 is 2.61 bits per heavy atom. The van der Waals surface area contributed by atoms with E-state index < -0.39 is 17.4 Å². The molecule has 164 valence electrons. The number of fused-ring (bicyclic) bond motifs is 1. The van der Waals surface area contributed by atoms with E-state index in [4.69, 9.17) is 9.47 Å². The second-order valence-electron chi connectivity index (χ2n) is 8.46. The Hall–Kier alpha value is -2.94. The van der Waals surface area contributed by atoms with Crippen molar-refractivity contribution in [2.45, 2.75) is 25.2 Å². The van der Waals surface area contributed by atoms with Crippen molar-refractivity contribution in [2.24, 2.45) is 11.8 Å². The van der Waals surface area contributed by atoms with Gasteiger partial charge in [-0.2, -0.15) is 0 Å². The van der Waals surface area contributed by atoms with E-state index in [1.165, 1.54) is 0 Å². The van der Waals surface area contributed by atoms with Crippen molar-refractivity contribution in [3.63, 3.8) is 0 Å². The molecular formula is C22H26N4O5. The van der Waals surface area contributed by atoms with Crippen LogP contribution in [-0.2, 0) is 25.6 Å². The SMILES string of the molecule is CCOC(=O)N1CCN(C(=O)[C@H]2[C@@H]3C=C[C@]4(CN(Cc5ccncc5)C(=O)[C@@H]24)O3)CC1. The molecule has 1 aromatic heterocycles. The first-order valence-electron chi connectivity index (χ1n) is 10.8. The summed E-state index contributed by atoms with van der Waals surface area (Å²) in [4.78, 5) is 47.9. The average molecular weight is 426 g/mol. The third-order valence-corrected chi connectivity index (χ3v) is 6.70. The van der Waals surface area contributed by atoms with Crippen LogP contribution >= 0.6 is 0 Å². The quantitative estimate of drug-likeness (QED) is 0.657. The molecule has 2 bridgehead atoms. The van der Waals surface area contributed by atoms with E-state index in [0.29, 0.717) is 45.9 Å². The molecule has 9 heteroatoms. The molecule has 1 aromatic rings. The lowest BCUT2D eigenvalue weighted by atomic mass is 9.76. The number of pyridine rings is 1. The highest BCUT2D eigenvalue weighted by Crippen LogP contribution is 2.52. The molecule has 4 aliphatic heterocycles. The monoisotopic (exact) mass is 426 g/mol. The minimum atomic E-state index is -0.720. The summed E-state index contributed by atoms with van der Waals surface area (Å²) in [5, 5.41) is 0. The van der Waals surface area contributed by atoms with Gasteiger partial charge in [0.15, 0.2) is 0 Å². The number of likely N-dealkylation sites (tertiary alicyclic amines) is 1. The summed E-state index contributed by atoms with van der Waals surface area (Å²) in [6, 6.07) is 3.78. The second-order valence-corrected chi connectivity index (χ2v) is 8.46. The van der Waals surface area contributed by atoms with Crippen molar-refractivity contribution in [3.05, 3.63) is 42.2 Å². The van der Waals surface area contributed by atoms with Gasteiger partial charge >= 0.3 is 6.09 Å². The van der Waals surface area contributed by atoms with E-state index >= 15 is 0 Å². The van der Waals surface area contributed by atoms with Gasteiger partial charge in [-0.25, -0.2) is 4.79 Å². The molecule has 0 unspecified atom stereocenters. The Morgan fingerprint density at radius 2 is 1.90 bits per heavy atom. The Morgan fingerprint density at radius 1 is 1.19 bits per heavy atom. The third-order valence-electron chi connectivity index (χ3n) is 6.70. The molecule has 3 saturated heterocycles. The number of piperazine rings is 1. The van der Waals surface area contributed by atoms with Crippen LogP contribution in [0.2, 0.25) is 0 Å². The number of ether oxygens (including phenoxy) is 2. The number of hydrogen-bond donors (Lipinski definition) is 0. The van der Waals surface area contributed by atoms with Gasteiger partial charge in [0.2, 0.25) is 11.8 Å². The summed E-state index contributed by atoms with van der Waals surface area (Å²) >= 11 is 0. The zero-order valence-electron chi connectivity index (χ0n) is 17.5. The Kier molecular flexibility index (Phi) is 4.92. The molecule has 3 amide bonds. The third kappa shape index (κ3) is 3.27. The van der Waals surface area contributed by atoms with Crippen LogP contribution in [0.4, 0.5) is 4.79 Å². The molecular weight excluding hydrogens is 400 g/mol. The molecule has 0 radical (unpaired) electrons. The number of hydrogen-bond acceptors (Lipinski definition) is 6. The molecule has 1 spiro atoms. The van der Waals surface area contributed by atoms with E-state index in [2.05, 4.69) is 4.98 Å². The number of amides is 3. The predicted octanol–water partition coefficient (Wildman–Crippen LogP) is 0.664. The zero-order chi connectivity index (χ0) is 21.6. The molecule has 31 heavy (non-hydrogen) atoms. The summed E-state index contributed by atoms with van der Waals surface area (Å²) in [7, 11) is 0. The van der Waals surface area contributed by atoms with Gasteiger partial charge in [-0.3, -0.25) is 14.6 Å². The normalized spacial score (nSPS) is 31.3. The maximum absolute atomic E-state index is 13.4. The molecule has 4 aliphatic rings. The van der Waals surface area contributed by atoms with Crippen molar-refractivity contribution >= 4 is 17.9 Å². The minimum absolute atomic E-state index is 0.0350. The zero-order valence-corrected chi connectivity index (χ0v) is 17.5. The van der Waals surface area contributed by atoms with Crippen LogP contribution in [0.1, 0.15) is 12.5 Å². The second kappa shape index (κ2) is 7.64. The van der Waals surface area contributed by atoms with Crippen LogP contribution in [0.15, 0.2) is 36.7 Å². The standard InChI is InChI=1S/C22H26N4O5/c1-2-30-21(29)25-11-9-24(10-12-25)19(27)17-16-3-6-22(31-16)14-26(20(28)18(17)22)13-15-4-7-23-8-5-15/h3-8,16-18H,2,9-14H2,1H3/t16-,17-,18+,22+/m0/s1. The largest absolute Gasteiger partial charge is 0.450 e. The topological polar surface area (TPSA) is 92.3 Å². The van der Waals surface area contributed by atoms with E-state index in [1.54, 1.807) is 34.0 Å². The lowest BCUT2D eigenvalue weighted by Gasteiger charge is -2.36. The fourth-order valence-corrected chi connectivity index (χ4v) is 5.24. The van der Waals surface area contributed by atoms with Gasteiger partial charge in [-0.05, 0) is 24.6 Å². The van der Waals surface area contributed by atoms with Crippen LogP contribution in [0, 0.1) is 11.8 Å².